The molecule has 0 spiro atoms. The molecular formula is C17H27BrN2O. The number of nitrogens with one attached hydrogen (secondary N) is 1. The van der Waals surface area contributed by atoms with Gasteiger partial charge in [-0.3, -0.25) is 0 Å². The van der Waals surface area contributed by atoms with Crippen molar-refractivity contribution < 1.29 is 4.74 Å². The quantitative estimate of drug-likeness (QED) is 0.836. The average Bonchev–Trinajstić information content (AvgIpc) is 2.46. The van der Waals surface area contributed by atoms with Crippen molar-refractivity contribution in [3.63, 3.8) is 0 Å². The van der Waals surface area contributed by atoms with Crippen molar-refractivity contribution in [3.05, 3.63) is 28.2 Å². The van der Waals surface area contributed by atoms with E-state index in [9.17, 15) is 0 Å². The van der Waals surface area contributed by atoms with Gasteiger partial charge in [0.25, 0.3) is 0 Å². The predicted octanol–water partition coefficient (Wildman–Crippen LogP) is 3.95. The largest absolute Gasteiger partial charge is 0.377 e. The van der Waals surface area contributed by atoms with Crippen LogP contribution < -0.4 is 10.2 Å². The Balaban J connectivity index is 2.14. The smallest absolute Gasteiger partial charge is 0.0750 e. The first-order valence-corrected chi connectivity index (χ1v) is 8.77. The van der Waals surface area contributed by atoms with Crippen LogP contribution in [0, 0.1) is 0 Å². The third-order valence-corrected chi connectivity index (χ3v) is 4.36. The number of hydrogen-bond acceptors (Lipinski definition) is 3. The van der Waals surface area contributed by atoms with Gasteiger partial charge >= 0.3 is 0 Å². The SMILES string of the molecule is CCOC1CCCN(c2cc(Br)ccc2CNC(C)C)C1. The summed E-state index contributed by atoms with van der Waals surface area (Å²) in [5, 5.41) is 3.52. The van der Waals surface area contributed by atoms with Crippen molar-refractivity contribution in [2.75, 3.05) is 24.6 Å². The van der Waals surface area contributed by atoms with E-state index in [-0.39, 0.29) is 0 Å². The molecule has 1 fully saturated rings. The van der Waals surface area contributed by atoms with Crippen molar-refractivity contribution in [3.8, 4) is 0 Å². The van der Waals surface area contributed by atoms with Gasteiger partial charge in [-0.2, -0.15) is 0 Å². The molecule has 1 unspecified atom stereocenters. The molecule has 1 aromatic carbocycles. The van der Waals surface area contributed by atoms with E-state index in [1.807, 2.05) is 0 Å². The molecule has 1 aliphatic heterocycles. The van der Waals surface area contributed by atoms with E-state index in [2.05, 4.69) is 65.1 Å². The molecule has 1 heterocycles. The molecule has 0 aromatic heterocycles. The number of hydrogen-bond donors (Lipinski definition) is 1. The van der Waals surface area contributed by atoms with E-state index in [1.165, 1.54) is 24.1 Å². The topological polar surface area (TPSA) is 24.5 Å². The minimum absolute atomic E-state index is 0.369. The lowest BCUT2D eigenvalue weighted by Crippen LogP contribution is -2.40. The summed E-state index contributed by atoms with van der Waals surface area (Å²) >= 11 is 3.61. The maximum absolute atomic E-state index is 5.83. The van der Waals surface area contributed by atoms with Crippen LogP contribution in [0.1, 0.15) is 39.2 Å². The summed E-state index contributed by atoms with van der Waals surface area (Å²) in [5.41, 5.74) is 2.70. The first-order chi connectivity index (χ1) is 10.1. The Labute approximate surface area is 137 Å². The zero-order chi connectivity index (χ0) is 15.2. The van der Waals surface area contributed by atoms with Gasteiger partial charge in [0, 0.05) is 42.4 Å². The van der Waals surface area contributed by atoms with Crippen LogP contribution in [0.15, 0.2) is 22.7 Å². The van der Waals surface area contributed by atoms with Crippen molar-refractivity contribution in [1.82, 2.24) is 5.32 Å². The van der Waals surface area contributed by atoms with Gasteiger partial charge in [0.15, 0.2) is 0 Å². The van der Waals surface area contributed by atoms with E-state index in [4.69, 9.17) is 4.74 Å². The molecule has 1 aliphatic rings. The fourth-order valence-electron chi connectivity index (χ4n) is 2.82. The highest BCUT2D eigenvalue weighted by Gasteiger charge is 2.22. The lowest BCUT2D eigenvalue weighted by atomic mass is 10.0. The fourth-order valence-corrected chi connectivity index (χ4v) is 3.17. The summed E-state index contributed by atoms with van der Waals surface area (Å²) in [5.74, 6) is 0. The van der Waals surface area contributed by atoms with Crippen molar-refractivity contribution >= 4 is 21.6 Å². The van der Waals surface area contributed by atoms with E-state index in [0.29, 0.717) is 12.1 Å². The summed E-state index contributed by atoms with van der Waals surface area (Å²) < 4.78 is 6.98. The molecule has 0 saturated carbocycles. The van der Waals surface area contributed by atoms with Gasteiger partial charge in [-0.1, -0.05) is 35.8 Å². The molecule has 4 heteroatoms. The number of rotatable bonds is 6. The minimum atomic E-state index is 0.369. The number of halogens is 1. The van der Waals surface area contributed by atoms with Crippen LogP contribution in [0.25, 0.3) is 0 Å². The number of anilines is 1. The molecule has 0 bridgehead atoms. The van der Waals surface area contributed by atoms with Gasteiger partial charge in [0.1, 0.15) is 0 Å². The van der Waals surface area contributed by atoms with E-state index in [0.717, 1.165) is 30.7 Å². The third-order valence-electron chi connectivity index (χ3n) is 3.87. The van der Waals surface area contributed by atoms with E-state index >= 15 is 0 Å². The van der Waals surface area contributed by atoms with Gasteiger partial charge in [-0.05, 0) is 37.5 Å². The molecule has 0 radical (unpaired) electrons. The Morgan fingerprint density at radius 3 is 2.95 bits per heavy atom. The van der Waals surface area contributed by atoms with Crippen molar-refractivity contribution in [2.45, 2.75) is 52.3 Å². The lowest BCUT2D eigenvalue weighted by molar-refractivity contribution is 0.0526. The summed E-state index contributed by atoms with van der Waals surface area (Å²) in [7, 11) is 0. The normalized spacial score (nSPS) is 19.3. The second-order valence-corrected chi connectivity index (χ2v) is 6.89. The maximum Gasteiger partial charge on any atom is 0.0750 e. The molecule has 1 aromatic rings. The van der Waals surface area contributed by atoms with Crippen LogP contribution in [-0.4, -0.2) is 31.8 Å². The number of piperidine rings is 1. The fraction of sp³-hybridized carbons (Fsp3) is 0.647. The summed E-state index contributed by atoms with van der Waals surface area (Å²) in [6.45, 7) is 10.3. The molecule has 0 aliphatic carbocycles. The van der Waals surface area contributed by atoms with Crippen LogP contribution in [0.4, 0.5) is 5.69 Å². The Kier molecular flexibility index (Phi) is 6.52. The molecule has 1 saturated heterocycles. The lowest BCUT2D eigenvalue weighted by Gasteiger charge is -2.35. The number of ether oxygens (including phenoxy) is 1. The second kappa shape index (κ2) is 8.16. The Hall–Kier alpha value is -0.580. The monoisotopic (exact) mass is 354 g/mol. The van der Waals surface area contributed by atoms with Crippen molar-refractivity contribution in [1.29, 1.82) is 0 Å². The third kappa shape index (κ3) is 4.97. The van der Waals surface area contributed by atoms with E-state index in [1.54, 1.807) is 0 Å². The van der Waals surface area contributed by atoms with Crippen LogP contribution in [0.2, 0.25) is 0 Å². The molecule has 21 heavy (non-hydrogen) atoms. The molecule has 1 atom stereocenters. The second-order valence-electron chi connectivity index (χ2n) is 5.97. The Morgan fingerprint density at radius 1 is 1.43 bits per heavy atom. The first-order valence-electron chi connectivity index (χ1n) is 7.98. The summed E-state index contributed by atoms with van der Waals surface area (Å²) in [4.78, 5) is 2.48. The first kappa shape index (κ1) is 16.8. The van der Waals surface area contributed by atoms with Crippen LogP contribution in [0.5, 0.6) is 0 Å². The standard InChI is InChI=1S/C17H27BrN2O/c1-4-21-16-6-5-9-20(12-16)17-10-15(18)8-7-14(17)11-19-13(2)3/h7-8,10,13,16,19H,4-6,9,11-12H2,1-3H3. The Morgan fingerprint density at radius 2 is 2.24 bits per heavy atom. The zero-order valence-corrected chi connectivity index (χ0v) is 14.9. The maximum atomic E-state index is 5.83. The molecule has 0 amide bonds. The molecule has 2 rings (SSSR count). The number of benzene rings is 1. The van der Waals surface area contributed by atoms with Gasteiger partial charge in [-0.15, -0.1) is 0 Å². The van der Waals surface area contributed by atoms with Crippen molar-refractivity contribution in [2.24, 2.45) is 0 Å². The Bertz CT molecular complexity index is 448. The van der Waals surface area contributed by atoms with Crippen LogP contribution in [0.3, 0.4) is 0 Å². The average molecular weight is 355 g/mol. The van der Waals surface area contributed by atoms with Crippen LogP contribution >= 0.6 is 15.9 Å². The predicted molar refractivity (Wildman–Crippen MR) is 93.0 cm³/mol. The molecule has 1 N–H and O–H groups in total. The minimum Gasteiger partial charge on any atom is -0.377 e. The zero-order valence-electron chi connectivity index (χ0n) is 13.4. The van der Waals surface area contributed by atoms with Crippen LogP contribution in [-0.2, 0) is 11.3 Å². The summed E-state index contributed by atoms with van der Waals surface area (Å²) in [6.07, 6.45) is 2.75. The van der Waals surface area contributed by atoms with Gasteiger partial charge < -0.3 is 15.0 Å². The van der Waals surface area contributed by atoms with Gasteiger partial charge in [0.2, 0.25) is 0 Å². The highest BCUT2D eigenvalue weighted by molar-refractivity contribution is 9.10. The molecule has 3 nitrogen and oxygen atoms in total. The summed E-state index contributed by atoms with van der Waals surface area (Å²) in [6, 6.07) is 7.09. The molecular weight excluding hydrogens is 328 g/mol. The van der Waals surface area contributed by atoms with Gasteiger partial charge in [-0.25, -0.2) is 0 Å². The van der Waals surface area contributed by atoms with E-state index < -0.39 is 0 Å². The highest BCUT2D eigenvalue weighted by atomic mass is 79.9. The molecule has 118 valence electrons. The number of nitrogens with zero attached hydrogens (tertiary/aromatic N) is 1. The van der Waals surface area contributed by atoms with Gasteiger partial charge in [0.05, 0.1) is 6.10 Å². The highest BCUT2D eigenvalue weighted by Crippen LogP contribution is 2.28.